The number of pyridine rings is 1. The Morgan fingerprint density at radius 3 is 2.48 bits per heavy atom. The molecule has 1 aliphatic heterocycles. The van der Waals surface area contributed by atoms with Crippen LogP contribution in [0.25, 0.3) is 16.7 Å². The highest BCUT2D eigenvalue weighted by molar-refractivity contribution is 5.94. The summed E-state index contributed by atoms with van der Waals surface area (Å²) in [5, 5.41) is 0. The van der Waals surface area contributed by atoms with Crippen molar-refractivity contribution in [2.24, 2.45) is 5.92 Å². The molecule has 0 unspecified atom stereocenters. The molecule has 4 rings (SSSR count). The highest BCUT2D eigenvalue weighted by Gasteiger charge is 2.22. The Kier molecular flexibility index (Phi) is 4.04. The van der Waals surface area contributed by atoms with Gasteiger partial charge in [0.2, 0.25) is 0 Å². The number of benzene rings is 1. The van der Waals surface area contributed by atoms with E-state index in [9.17, 15) is 4.79 Å². The predicted molar refractivity (Wildman–Crippen MR) is 100 cm³/mol. The van der Waals surface area contributed by atoms with Crippen molar-refractivity contribution in [1.82, 2.24) is 14.5 Å². The second-order valence-electron chi connectivity index (χ2n) is 7.10. The zero-order valence-corrected chi connectivity index (χ0v) is 14.8. The number of aryl methyl sites for hydroxylation is 1. The molecule has 0 bridgehead atoms. The number of aromatic nitrogens is 2. The normalized spacial score (nSPS) is 15.7. The van der Waals surface area contributed by atoms with E-state index in [1.54, 1.807) is 0 Å². The van der Waals surface area contributed by atoms with Crippen molar-refractivity contribution in [3.05, 3.63) is 59.9 Å². The number of fused-ring (bicyclic) bond motifs is 1. The molecule has 3 heterocycles. The second kappa shape index (κ2) is 6.36. The van der Waals surface area contributed by atoms with E-state index in [-0.39, 0.29) is 5.91 Å². The molecule has 1 aromatic carbocycles. The van der Waals surface area contributed by atoms with E-state index < -0.39 is 0 Å². The summed E-state index contributed by atoms with van der Waals surface area (Å²) in [6.07, 6.45) is 4.18. The van der Waals surface area contributed by atoms with Gasteiger partial charge in [-0.2, -0.15) is 0 Å². The summed E-state index contributed by atoms with van der Waals surface area (Å²) in [7, 11) is 0. The number of piperidine rings is 1. The Morgan fingerprint density at radius 1 is 1.04 bits per heavy atom. The first-order valence-electron chi connectivity index (χ1n) is 8.96. The molecular formula is C21H23N3O. The van der Waals surface area contributed by atoms with Crippen molar-refractivity contribution >= 4 is 16.9 Å². The smallest absolute Gasteiger partial charge is 0.272 e. The molecule has 1 saturated heterocycles. The van der Waals surface area contributed by atoms with Crippen LogP contribution in [-0.2, 0) is 0 Å². The number of likely N-dealkylation sites (tertiary alicyclic amines) is 1. The van der Waals surface area contributed by atoms with Crippen LogP contribution in [-0.4, -0.2) is 33.4 Å². The van der Waals surface area contributed by atoms with Crippen LogP contribution in [0.1, 0.15) is 35.8 Å². The van der Waals surface area contributed by atoms with Crippen molar-refractivity contribution in [3.63, 3.8) is 0 Å². The molecule has 1 amide bonds. The lowest BCUT2D eigenvalue weighted by Crippen LogP contribution is -2.38. The van der Waals surface area contributed by atoms with Crippen molar-refractivity contribution in [2.45, 2.75) is 26.7 Å². The SMILES string of the molecule is Cc1ccc(-n2ccc3nc(C(=O)N4CCC(C)CC4)ccc32)cc1. The van der Waals surface area contributed by atoms with Crippen LogP contribution in [0, 0.1) is 12.8 Å². The molecular weight excluding hydrogens is 310 g/mol. The highest BCUT2D eigenvalue weighted by Crippen LogP contribution is 2.22. The van der Waals surface area contributed by atoms with Gasteiger partial charge in [-0.25, -0.2) is 4.98 Å². The van der Waals surface area contributed by atoms with Gasteiger partial charge >= 0.3 is 0 Å². The molecule has 128 valence electrons. The molecule has 0 saturated carbocycles. The van der Waals surface area contributed by atoms with Gasteiger partial charge in [-0.05, 0) is 56.0 Å². The van der Waals surface area contributed by atoms with Crippen LogP contribution in [0.2, 0.25) is 0 Å². The van der Waals surface area contributed by atoms with Crippen molar-refractivity contribution < 1.29 is 4.79 Å². The summed E-state index contributed by atoms with van der Waals surface area (Å²) in [5.74, 6) is 0.764. The largest absolute Gasteiger partial charge is 0.337 e. The first kappa shape index (κ1) is 15.9. The second-order valence-corrected chi connectivity index (χ2v) is 7.10. The number of rotatable bonds is 2. The molecule has 0 radical (unpaired) electrons. The number of carbonyl (C=O) groups excluding carboxylic acids is 1. The van der Waals surface area contributed by atoms with Crippen molar-refractivity contribution in [1.29, 1.82) is 0 Å². The van der Waals surface area contributed by atoms with E-state index in [4.69, 9.17) is 0 Å². The Labute approximate surface area is 148 Å². The average Bonchev–Trinajstić information content (AvgIpc) is 3.05. The van der Waals surface area contributed by atoms with Crippen LogP contribution in [0.5, 0.6) is 0 Å². The molecule has 4 nitrogen and oxygen atoms in total. The van der Waals surface area contributed by atoms with Crippen molar-refractivity contribution in [3.8, 4) is 5.69 Å². The van der Waals surface area contributed by atoms with E-state index in [0.717, 1.165) is 42.7 Å². The number of hydrogen-bond acceptors (Lipinski definition) is 2. The minimum absolute atomic E-state index is 0.0527. The maximum absolute atomic E-state index is 12.7. The fourth-order valence-corrected chi connectivity index (χ4v) is 3.44. The topological polar surface area (TPSA) is 38.1 Å². The molecule has 3 aromatic rings. The lowest BCUT2D eigenvalue weighted by Gasteiger charge is -2.30. The quantitative estimate of drug-likeness (QED) is 0.705. The van der Waals surface area contributed by atoms with Gasteiger partial charge in [0, 0.05) is 25.0 Å². The molecule has 4 heteroatoms. The first-order valence-corrected chi connectivity index (χ1v) is 8.96. The van der Waals surface area contributed by atoms with E-state index in [2.05, 4.69) is 47.7 Å². The van der Waals surface area contributed by atoms with Crippen LogP contribution in [0.4, 0.5) is 0 Å². The summed E-state index contributed by atoms with van der Waals surface area (Å²) < 4.78 is 2.11. The number of hydrogen-bond donors (Lipinski definition) is 0. The van der Waals surface area contributed by atoms with Gasteiger partial charge in [0.25, 0.3) is 5.91 Å². The average molecular weight is 333 g/mol. The summed E-state index contributed by atoms with van der Waals surface area (Å²) in [4.78, 5) is 19.3. The lowest BCUT2D eigenvalue weighted by atomic mass is 9.99. The third kappa shape index (κ3) is 3.04. The number of nitrogens with zero attached hydrogens (tertiary/aromatic N) is 3. The van der Waals surface area contributed by atoms with Gasteiger partial charge < -0.3 is 9.47 Å². The minimum atomic E-state index is 0.0527. The van der Waals surface area contributed by atoms with Crippen LogP contribution in [0.15, 0.2) is 48.7 Å². The zero-order chi connectivity index (χ0) is 17.4. The Hall–Kier alpha value is -2.62. The van der Waals surface area contributed by atoms with Crippen LogP contribution >= 0.6 is 0 Å². The number of carbonyl (C=O) groups is 1. The molecule has 0 aliphatic carbocycles. The fraction of sp³-hybridized carbons (Fsp3) is 0.333. The Balaban J connectivity index is 1.63. The Morgan fingerprint density at radius 2 is 1.76 bits per heavy atom. The van der Waals surface area contributed by atoms with Crippen LogP contribution in [0.3, 0.4) is 0 Å². The molecule has 0 atom stereocenters. The first-order chi connectivity index (χ1) is 12.1. The van der Waals surface area contributed by atoms with E-state index >= 15 is 0 Å². The van der Waals surface area contributed by atoms with Gasteiger partial charge in [-0.3, -0.25) is 4.79 Å². The van der Waals surface area contributed by atoms with Crippen LogP contribution < -0.4 is 0 Å². The molecule has 0 spiro atoms. The maximum atomic E-state index is 12.7. The monoisotopic (exact) mass is 333 g/mol. The standard InChI is InChI=1S/C21H23N3O/c1-15-3-5-17(6-4-15)24-14-11-18-20(24)8-7-19(22-18)21(25)23-12-9-16(2)10-13-23/h3-8,11,14,16H,9-10,12-13H2,1-2H3. The van der Waals surface area contributed by atoms with Gasteiger partial charge in [0.05, 0.1) is 11.0 Å². The molecule has 1 aliphatic rings. The van der Waals surface area contributed by atoms with Crippen molar-refractivity contribution in [2.75, 3.05) is 13.1 Å². The lowest BCUT2D eigenvalue weighted by molar-refractivity contribution is 0.0691. The summed E-state index contributed by atoms with van der Waals surface area (Å²) >= 11 is 0. The fourth-order valence-electron chi connectivity index (χ4n) is 3.44. The minimum Gasteiger partial charge on any atom is -0.337 e. The summed E-state index contributed by atoms with van der Waals surface area (Å²) in [6, 6.07) is 14.2. The van der Waals surface area contributed by atoms with E-state index in [1.165, 1.54) is 5.56 Å². The third-order valence-corrected chi connectivity index (χ3v) is 5.15. The van der Waals surface area contributed by atoms with Gasteiger partial charge in [0.15, 0.2) is 0 Å². The van der Waals surface area contributed by atoms with Gasteiger partial charge in [0.1, 0.15) is 5.69 Å². The molecule has 2 aromatic heterocycles. The van der Waals surface area contributed by atoms with E-state index in [1.807, 2.05) is 29.3 Å². The predicted octanol–water partition coefficient (Wildman–Crippen LogP) is 4.21. The summed E-state index contributed by atoms with van der Waals surface area (Å²) in [6.45, 7) is 6.01. The maximum Gasteiger partial charge on any atom is 0.272 e. The molecule has 1 fully saturated rings. The summed E-state index contributed by atoms with van der Waals surface area (Å²) in [5.41, 5.74) is 4.77. The molecule has 25 heavy (non-hydrogen) atoms. The zero-order valence-electron chi connectivity index (χ0n) is 14.8. The molecule has 0 N–H and O–H groups in total. The van der Waals surface area contributed by atoms with Gasteiger partial charge in [-0.1, -0.05) is 24.6 Å². The highest BCUT2D eigenvalue weighted by atomic mass is 16.2. The van der Waals surface area contributed by atoms with Gasteiger partial charge in [-0.15, -0.1) is 0 Å². The number of amides is 1. The Bertz CT molecular complexity index is 903. The van der Waals surface area contributed by atoms with E-state index in [0.29, 0.717) is 11.6 Å². The third-order valence-electron chi connectivity index (χ3n) is 5.15.